The van der Waals surface area contributed by atoms with E-state index >= 15 is 0 Å². The van der Waals surface area contributed by atoms with Gasteiger partial charge < -0.3 is 0 Å². The number of fused-ring (bicyclic) bond motifs is 1. The predicted octanol–water partition coefficient (Wildman–Crippen LogP) is 13.0. The van der Waals surface area contributed by atoms with Crippen LogP contribution in [0.3, 0.4) is 0 Å². The Morgan fingerprint density at radius 2 is 0.618 bits per heavy atom. The van der Waals surface area contributed by atoms with Gasteiger partial charge in [0, 0.05) is 18.1 Å². The predicted molar refractivity (Wildman–Crippen MR) is 173 cm³/mol. The lowest BCUT2D eigenvalue weighted by molar-refractivity contribution is -0.0824. The Labute approximate surface area is 225 Å². The zero-order valence-corrected chi connectivity index (χ0v) is 26.0. The summed E-state index contributed by atoms with van der Waals surface area (Å²) in [5.74, 6) is 3.50. The molecule has 2 fully saturated rings. The average molecular weight is 494 g/mol. The average Bonchev–Trinajstić information content (AvgIpc) is 2.75. The standard InChI is InChI=1S/C15H29N.3C3H8.3C2H6.3CH4/c1-9-7-11(3)15-12(4)8-10(2)14(6)16(15)13(9)5;3*1-3-2;3*1-2;;;/h9-15H,7-8H2,1-6H3;3*3H2,1-2H3;3*1-2H3;3*1H4/t9-,10+,11+,12-,13-,14+,15?;;;;;;;;;. The summed E-state index contributed by atoms with van der Waals surface area (Å²) in [5.41, 5.74) is 0. The molecule has 0 aliphatic carbocycles. The molecule has 2 heterocycles. The maximum atomic E-state index is 2.86. The smallest absolute Gasteiger partial charge is 0.0153 e. The largest absolute Gasteiger partial charge is 0.294 e. The van der Waals surface area contributed by atoms with Gasteiger partial charge in [0.05, 0.1) is 0 Å². The molecule has 0 amide bonds. The first kappa shape index (κ1) is 54.7. The third kappa shape index (κ3) is 23.7. The SMILES string of the molecule is C.C.C.CC.CC.CC.CCC.CCC.CCC.C[C@@H]1C[C@H](C)[C@H](C)N2C1[C@@H](C)C[C@@H](C)[C@H]2C. The minimum absolute atomic E-state index is 0. The van der Waals surface area contributed by atoms with Crippen LogP contribution in [0.4, 0.5) is 0 Å². The van der Waals surface area contributed by atoms with Gasteiger partial charge in [0.1, 0.15) is 0 Å². The minimum Gasteiger partial charge on any atom is -0.294 e. The van der Waals surface area contributed by atoms with Crippen molar-refractivity contribution in [3.8, 4) is 0 Å². The van der Waals surface area contributed by atoms with E-state index in [1.165, 1.54) is 32.1 Å². The van der Waals surface area contributed by atoms with Crippen LogP contribution in [0.15, 0.2) is 0 Å². The normalized spacial score (nSPS) is 27.9. The van der Waals surface area contributed by atoms with Gasteiger partial charge in [-0.3, -0.25) is 4.90 Å². The number of piperidine rings is 2. The summed E-state index contributed by atoms with van der Waals surface area (Å²) in [6, 6.07) is 2.40. The van der Waals surface area contributed by atoms with Crippen LogP contribution < -0.4 is 0 Å². The van der Waals surface area contributed by atoms with Crippen molar-refractivity contribution in [2.24, 2.45) is 23.7 Å². The summed E-state index contributed by atoms with van der Waals surface area (Å²) in [4.78, 5) is 2.86. The second kappa shape index (κ2) is 40.1. The summed E-state index contributed by atoms with van der Waals surface area (Å²) in [6.07, 6.45) is 6.60. The fraction of sp³-hybridized carbons (Fsp3) is 1.00. The molecule has 1 nitrogen and oxygen atoms in total. The molecule has 2 saturated heterocycles. The van der Waals surface area contributed by atoms with Crippen LogP contribution in [-0.4, -0.2) is 23.0 Å². The van der Waals surface area contributed by atoms with Crippen LogP contribution in [0.2, 0.25) is 0 Å². The van der Waals surface area contributed by atoms with Crippen LogP contribution >= 0.6 is 0 Å². The van der Waals surface area contributed by atoms with Crippen molar-refractivity contribution in [3.63, 3.8) is 0 Å². The molecule has 1 unspecified atom stereocenters. The van der Waals surface area contributed by atoms with E-state index in [2.05, 4.69) is 88.0 Å². The van der Waals surface area contributed by atoms with E-state index in [9.17, 15) is 0 Å². The van der Waals surface area contributed by atoms with Crippen LogP contribution in [-0.2, 0) is 0 Å². The molecule has 2 rings (SSSR count). The highest BCUT2D eigenvalue weighted by Crippen LogP contribution is 2.43. The van der Waals surface area contributed by atoms with Gasteiger partial charge in [-0.1, -0.05) is 152 Å². The maximum absolute atomic E-state index is 2.86. The van der Waals surface area contributed by atoms with E-state index in [1.807, 2.05) is 41.5 Å². The molecule has 2 aliphatic rings. The van der Waals surface area contributed by atoms with E-state index in [0.29, 0.717) is 0 Å². The molecule has 34 heavy (non-hydrogen) atoms. The lowest BCUT2D eigenvalue weighted by Gasteiger charge is -2.57. The van der Waals surface area contributed by atoms with E-state index in [-0.39, 0.29) is 22.3 Å². The third-order valence-corrected chi connectivity index (χ3v) is 5.59. The quantitative estimate of drug-likeness (QED) is 0.324. The highest BCUT2D eigenvalue weighted by atomic mass is 15.2. The van der Waals surface area contributed by atoms with Gasteiger partial charge in [-0.25, -0.2) is 0 Å². The lowest BCUT2D eigenvalue weighted by Crippen LogP contribution is -2.62. The van der Waals surface area contributed by atoms with Gasteiger partial charge in [0.15, 0.2) is 0 Å². The second-order valence-electron chi connectivity index (χ2n) is 8.92. The second-order valence-corrected chi connectivity index (χ2v) is 8.92. The first-order chi connectivity index (χ1) is 14.7. The molecule has 0 N–H and O–H groups in total. The fourth-order valence-corrected chi connectivity index (χ4v) is 4.50. The molecule has 0 aromatic carbocycles. The Bertz CT molecular complexity index is 260. The van der Waals surface area contributed by atoms with E-state index < -0.39 is 0 Å². The number of hydrogen-bond acceptors (Lipinski definition) is 1. The molecule has 220 valence electrons. The van der Waals surface area contributed by atoms with Crippen LogP contribution in [0, 0.1) is 23.7 Å². The lowest BCUT2D eigenvalue weighted by atomic mass is 9.69. The van der Waals surface area contributed by atoms with Crippen LogP contribution in [0.5, 0.6) is 0 Å². The number of rotatable bonds is 0. The zero-order valence-electron chi connectivity index (χ0n) is 26.0. The highest BCUT2D eigenvalue weighted by Gasteiger charge is 2.46. The van der Waals surface area contributed by atoms with Gasteiger partial charge in [-0.2, -0.15) is 0 Å². The minimum atomic E-state index is 0. The van der Waals surface area contributed by atoms with Gasteiger partial charge >= 0.3 is 0 Å². The highest BCUT2D eigenvalue weighted by molar-refractivity contribution is 4.99. The van der Waals surface area contributed by atoms with Crippen molar-refractivity contribution in [2.75, 3.05) is 0 Å². The Balaban J connectivity index is -0.0000000534. The molecule has 0 bridgehead atoms. The summed E-state index contributed by atoms with van der Waals surface area (Å²) < 4.78 is 0. The molecule has 2 aliphatic heterocycles. The zero-order chi connectivity index (χ0) is 26.2. The van der Waals surface area contributed by atoms with Gasteiger partial charge in [-0.05, 0) is 50.4 Å². The molecule has 0 radical (unpaired) electrons. The summed E-state index contributed by atoms with van der Waals surface area (Å²) in [5, 5.41) is 0. The van der Waals surface area contributed by atoms with E-state index in [4.69, 9.17) is 0 Å². The van der Waals surface area contributed by atoms with Crippen molar-refractivity contribution in [1.29, 1.82) is 0 Å². The molecule has 0 aromatic rings. The fourth-order valence-electron chi connectivity index (χ4n) is 4.50. The topological polar surface area (TPSA) is 3.24 Å². The first-order valence-corrected chi connectivity index (χ1v) is 14.4. The van der Waals surface area contributed by atoms with Crippen molar-refractivity contribution >= 4 is 0 Å². The summed E-state index contributed by atoms with van der Waals surface area (Å²) >= 11 is 0. The number of hydrogen-bond donors (Lipinski definition) is 0. The van der Waals surface area contributed by atoms with Gasteiger partial charge in [0.2, 0.25) is 0 Å². The van der Waals surface area contributed by atoms with Crippen molar-refractivity contribution in [3.05, 3.63) is 0 Å². The third-order valence-electron chi connectivity index (χ3n) is 5.59. The monoisotopic (exact) mass is 494 g/mol. The molecular formula is C33H83N. The molecular weight excluding hydrogens is 410 g/mol. The van der Waals surface area contributed by atoms with Crippen molar-refractivity contribution in [2.45, 2.75) is 197 Å². The number of nitrogens with zero attached hydrogens (tertiary/aromatic N) is 1. The summed E-state index contributed by atoms with van der Waals surface area (Å²) in [7, 11) is 0. The van der Waals surface area contributed by atoms with Gasteiger partial charge in [-0.15, -0.1) is 0 Å². The first-order valence-electron chi connectivity index (χ1n) is 14.4. The Morgan fingerprint density at radius 3 is 0.794 bits per heavy atom. The molecule has 0 spiro atoms. The Hall–Kier alpha value is -0.0400. The Kier molecular flexibility index (Phi) is 64.6. The molecule has 1 heteroatoms. The van der Waals surface area contributed by atoms with Gasteiger partial charge in [0.25, 0.3) is 0 Å². The van der Waals surface area contributed by atoms with E-state index in [1.54, 1.807) is 0 Å². The molecule has 7 atom stereocenters. The molecule has 0 aromatic heterocycles. The van der Waals surface area contributed by atoms with Crippen molar-refractivity contribution < 1.29 is 0 Å². The van der Waals surface area contributed by atoms with Crippen LogP contribution in [0.1, 0.15) is 179 Å². The Morgan fingerprint density at radius 1 is 0.441 bits per heavy atom. The van der Waals surface area contributed by atoms with E-state index in [0.717, 1.165) is 41.8 Å². The maximum Gasteiger partial charge on any atom is 0.0153 e. The van der Waals surface area contributed by atoms with Crippen molar-refractivity contribution in [1.82, 2.24) is 4.90 Å². The molecule has 0 saturated carbocycles. The summed E-state index contributed by atoms with van der Waals surface area (Å²) in [6.45, 7) is 39.5. The van der Waals surface area contributed by atoms with Crippen LogP contribution in [0.25, 0.3) is 0 Å².